The zero-order valence-electron chi connectivity index (χ0n) is 16.6. The molecule has 0 aliphatic carbocycles. The smallest absolute Gasteiger partial charge is 0.496 e. The molecule has 0 bridgehead atoms. The van der Waals surface area contributed by atoms with Gasteiger partial charge in [0, 0.05) is 29.0 Å². The number of hydrogen-bond donors (Lipinski definition) is 0. The summed E-state index contributed by atoms with van der Waals surface area (Å²) in [6.07, 6.45) is 1.61. The number of nitrogens with zero attached hydrogens (tertiary/aromatic N) is 4. The number of benzene rings is 1. The van der Waals surface area contributed by atoms with Crippen molar-refractivity contribution < 1.29 is 47.6 Å². The minimum Gasteiger partial charge on any atom is -0.496 e. The van der Waals surface area contributed by atoms with Gasteiger partial charge in [-0.05, 0) is 37.3 Å². The third-order valence-corrected chi connectivity index (χ3v) is 5.34. The first-order chi connectivity index (χ1) is 14.0. The fourth-order valence-electron chi connectivity index (χ4n) is 2.74. The summed E-state index contributed by atoms with van der Waals surface area (Å²) in [7, 11) is 0.0688. The Bertz CT molecular complexity index is 1220. The molecule has 0 amide bonds. The number of aromatic nitrogens is 4. The summed E-state index contributed by atoms with van der Waals surface area (Å²) < 4.78 is 36.9. The molecule has 0 fully saturated rings. The fraction of sp³-hybridized carbons (Fsp3) is 0.150. The molecule has 0 aliphatic heterocycles. The second-order valence-corrected chi connectivity index (χ2v) is 7.48. The van der Waals surface area contributed by atoms with Crippen molar-refractivity contribution in [3.8, 4) is 17.4 Å². The van der Waals surface area contributed by atoms with Gasteiger partial charge in [0.2, 0.25) is 0 Å². The Morgan fingerprint density at radius 1 is 1.17 bits per heavy atom. The van der Waals surface area contributed by atoms with E-state index in [1.54, 1.807) is 43.6 Å². The minimum absolute atomic E-state index is 0. The molecule has 3 aromatic heterocycles. The van der Waals surface area contributed by atoms with E-state index in [1.165, 1.54) is 12.1 Å². The molecule has 0 radical (unpaired) electrons. The van der Waals surface area contributed by atoms with E-state index < -0.39 is 16.6 Å². The van der Waals surface area contributed by atoms with Crippen LogP contribution >= 0.6 is 0 Å². The molecule has 7 nitrogen and oxygen atoms in total. The molecule has 0 N–H and O–H groups in total. The summed E-state index contributed by atoms with van der Waals surface area (Å²) in [5.41, 5.74) is 2.27. The first-order valence-corrected chi connectivity index (χ1v) is 9.97. The van der Waals surface area contributed by atoms with Gasteiger partial charge in [-0.15, -0.1) is 0 Å². The average Bonchev–Trinajstić information content (AvgIpc) is 3.13. The second-order valence-electron chi connectivity index (χ2n) is 6.13. The van der Waals surface area contributed by atoms with Gasteiger partial charge in [0.15, 0.2) is 5.88 Å². The molecular formula is C20H16FN4NaO3S. The SMILES string of the molecule is COc1ccnc(CS(=O)c2nc3ccc(Oc4cccc(F)c4)nc3[n-]2)c1C.[Na+]. The Morgan fingerprint density at radius 2 is 2.00 bits per heavy atom. The monoisotopic (exact) mass is 434 g/mol. The first-order valence-electron chi connectivity index (χ1n) is 8.65. The Labute approximate surface area is 196 Å². The molecule has 4 rings (SSSR count). The van der Waals surface area contributed by atoms with E-state index in [-0.39, 0.29) is 46.3 Å². The number of halogens is 1. The van der Waals surface area contributed by atoms with E-state index in [1.807, 2.05) is 6.92 Å². The standard InChI is InChI=1S/C20H16FN4O3S.Na/c1-12-16(22-9-8-17(12)27-2)11-29(26)20-23-15-6-7-18(24-19(15)25-20)28-14-5-3-4-13(21)10-14;/h3-10H,11H2,1-2H3;/q-1;+1. The molecule has 0 saturated heterocycles. The summed E-state index contributed by atoms with van der Waals surface area (Å²) in [5.74, 6) is 0.994. The van der Waals surface area contributed by atoms with Crippen molar-refractivity contribution in [2.24, 2.45) is 0 Å². The summed E-state index contributed by atoms with van der Waals surface area (Å²) in [5, 5.41) is 0.166. The van der Waals surface area contributed by atoms with Gasteiger partial charge in [0.1, 0.15) is 17.3 Å². The van der Waals surface area contributed by atoms with E-state index in [0.29, 0.717) is 28.4 Å². The van der Waals surface area contributed by atoms with Crippen molar-refractivity contribution in [1.29, 1.82) is 0 Å². The third-order valence-electron chi connectivity index (χ3n) is 4.22. The zero-order valence-corrected chi connectivity index (χ0v) is 19.4. The van der Waals surface area contributed by atoms with Crippen molar-refractivity contribution in [2.75, 3.05) is 7.11 Å². The van der Waals surface area contributed by atoms with E-state index in [4.69, 9.17) is 9.47 Å². The molecular weight excluding hydrogens is 418 g/mol. The van der Waals surface area contributed by atoms with E-state index in [0.717, 1.165) is 5.56 Å². The topological polar surface area (TPSA) is 88.3 Å². The van der Waals surface area contributed by atoms with Crippen molar-refractivity contribution >= 4 is 22.0 Å². The van der Waals surface area contributed by atoms with Crippen molar-refractivity contribution in [3.63, 3.8) is 0 Å². The van der Waals surface area contributed by atoms with Crippen LogP contribution in [0.25, 0.3) is 11.2 Å². The Balaban J connectivity index is 0.00000256. The third kappa shape index (κ3) is 4.86. The number of ether oxygens (including phenoxy) is 2. The van der Waals surface area contributed by atoms with Crippen molar-refractivity contribution in [3.05, 3.63) is 65.7 Å². The number of pyridine rings is 2. The molecule has 0 aliphatic rings. The van der Waals surface area contributed by atoms with E-state index in [9.17, 15) is 8.60 Å². The van der Waals surface area contributed by atoms with Gasteiger partial charge in [-0.1, -0.05) is 6.07 Å². The van der Waals surface area contributed by atoms with Crippen LogP contribution in [-0.4, -0.2) is 26.3 Å². The molecule has 10 heteroatoms. The van der Waals surface area contributed by atoms with Crippen LogP contribution in [0, 0.1) is 12.7 Å². The quantitative estimate of drug-likeness (QED) is 0.410. The summed E-state index contributed by atoms with van der Waals surface area (Å²) in [4.78, 5) is 17.1. The minimum atomic E-state index is -1.51. The normalized spacial score (nSPS) is 11.7. The van der Waals surface area contributed by atoms with Gasteiger partial charge < -0.3 is 24.4 Å². The molecule has 30 heavy (non-hydrogen) atoms. The Hall–Kier alpha value is -2.33. The maximum Gasteiger partial charge on any atom is 1.00 e. The number of hydrogen-bond acceptors (Lipinski definition) is 6. The maximum absolute atomic E-state index is 13.3. The van der Waals surface area contributed by atoms with Gasteiger partial charge in [-0.3, -0.25) is 9.19 Å². The number of rotatable bonds is 6. The van der Waals surface area contributed by atoms with Crippen LogP contribution in [0.4, 0.5) is 4.39 Å². The molecule has 1 atom stereocenters. The van der Waals surface area contributed by atoms with Crippen LogP contribution in [0.15, 0.2) is 53.8 Å². The summed E-state index contributed by atoms with van der Waals surface area (Å²) >= 11 is 0. The van der Waals surface area contributed by atoms with Gasteiger partial charge in [-0.2, -0.15) is 0 Å². The van der Waals surface area contributed by atoms with Crippen LogP contribution in [0.1, 0.15) is 11.3 Å². The Kier molecular flexibility index (Phi) is 7.19. The van der Waals surface area contributed by atoms with Crippen LogP contribution in [0.2, 0.25) is 0 Å². The molecule has 1 unspecified atom stereocenters. The first kappa shape index (κ1) is 22.4. The van der Waals surface area contributed by atoms with Gasteiger partial charge in [-0.25, -0.2) is 4.39 Å². The van der Waals surface area contributed by atoms with E-state index >= 15 is 0 Å². The molecule has 0 spiro atoms. The predicted octanol–water partition coefficient (Wildman–Crippen LogP) is 0.542. The van der Waals surface area contributed by atoms with Crippen LogP contribution in [0.5, 0.6) is 17.4 Å². The molecule has 4 aromatic rings. The second kappa shape index (κ2) is 9.65. The summed E-state index contributed by atoms with van der Waals surface area (Å²) in [6.45, 7) is 1.86. The largest absolute Gasteiger partial charge is 1.00 e. The number of methoxy groups -OCH3 is 1. The van der Waals surface area contributed by atoms with Crippen LogP contribution in [-0.2, 0) is 16.6 Å². The van der Waals surface area contributed by atoms with Gasteiger partial charge >= 0.3 is 29.6 Å². The summed E-state index contributed by atoms with van der Waals surface area (Å²) in [6, 6.07) is 10.8. The zero-order chi connectivity index (χ0) is 20.4. The number of fused-ring (bicyclic) bond motifs is 1. The van der Waals surface area contributed by atoms with Gasteiger partial charge in [0.25, 0.3) is 0 Å². The predicted molar refractivity (Wildman–Crippen MR) is 105 cm³/mol. The van der Waals surface area contributed by atoms with Crippen LogP contribution in [0.3, 0.4) is 0 Å². The fourth-order valence-corrected chi connectivity index (χ4v) is 3.79. The van der Waals surface area contributed by atoms with E-state index in [2.05, 4.69) is 19.9 Å². The van der Waals surface area contributed by atoms with Crippen LogP contribution < -0.4 is 44.0 Å². The number of imidazole rings is 1. The maximum atomic E-state index is 13.3. The molecule has 1 aromatic carbocycles. The molecule has 3 heterocycles. The van der Waals surface area contributed by atoms with Crippen molar-refractivity contribution in [1.82, 2.24) is 19.9 Å². The molecule has 148 valence electrons. The van der Waals surface area contributed by atoms with Gasteiger partial charge in [0.05, 0.1) is 34.5 Å². The Morgan fingerprint density at radius 3 is 2.77 bits per heavy atom. The molecule has 0 saturated carbocycles. The average molecular weight is 434 g/mol. The van der Waals surface area contributed by atoms with Crippen molar-refractivity contribution in [2.45, 2.75) is 17.8 Å².